The molecule has 4 rings (SSSR count). The van der Waals surface area contributed by atoms with Crippen molar-refractivity contribution < 1.29 is 63.0 Å². The number of aliphatic hydroxyl groups is 3. The van der Waals surface area contributed by atoms with Crippen molar-refractivity contribution >= 4 is 29.2 Å². The molecule has 3 fully saturated rings. The first-order valence-corrected chi connectivity index (χ1v) is 23.9. The maximum atomic E-state index is 14.4. The van der Waals surface area contributed by atoms with E-state index in [-0.39, 0.29) is 54.8 Å². The van der Waals surface area contributed by atoms with Crippen LogP contribution in [-0.2, 0) is 47.7 Å². The van der Waals surface area contributed by atoms with Crippen molar-refractivity contribution in [3.05, 3.63) is 47.6 Å². The van der Waals surface area contributed by atoms with Crippen LogP contribution in [0.15, 0.2) is 47.6 Å². The number of cyclic esters (lactones) is 1. The number of piperidine rings is 1. The standard InChI is InChI=1S/C51H79NO13/c1-30-16-12-11-13-17-31(2)42(61-8)28-38-21-19-36(7)51(60,65-38)48(57)49(58)52-23-15-14-18-39(52)50(59)64-43(33(4)26-37-20-22-40(53)44(27-37)62-9)29-41(54)32(3)25-35(6)46(56)47(63-10)45(55)34(5)24-30/h11-13,16-17,25,30,32-34,36-40,42-44,46-47,53,56,60H,14-15,18-24,26-29H2,1-10H3/b13-11+,16-12+,31-17+,35-25+/t30-,32?,33-,34-,36-,37+,38?,39+,40?,42+,43+,44-,46?,47+,51-/m1/s1. The largest absolute Gasteiger partial charge is 0.460 e. The molecule has 0 aromatic heterocycles. The minimum atomic E-state index is -2.43. The molecule has 15 atom stereocenters. The normalized spacial score (nSPS) is 40.4. The molecule has 3 N–H and O–H groups in total. The molecule has 2 bridgehead atoms. The number of allylic oxidation sites excluding steroid dienone is 6. The van der Waals surface area contributed by atoms with Crippen molar-refractivity contribution in [2.45, 2.75) is 180 Å². The highest BCUT2D eigenvalue weighted by molar-refractivity contribution is 6.39. The first-order chi connectivity index (χ1) is 30.7. The molecular formula is C51H79NO13. The zero-order chi connectivity index (χ0) is 48.2. The molecule has 65 heavy (non-hydrogen) atoms. The Labute approximate surface area is 387 Å². The molecule has 3 aliphatic heterocycles. The molecule has 2 saturated heterocycles. The number of carbonyl (C=O) groups is 5. The van der Waals surface area contributed by atoms with Crippen LogP contribution >= 0.6 is 0 Å². The minimum absolute atomic E-state index is 0.0193. The van der Waals surface area contributed by atoms with Crippen molar-refractivity contribution in [2.75, 3.05) is 27.9 Å². The van der Waals surface area contributed by atoms with E-state index in [1.165, 1.54) is 12.0 Å². The van der Waals surface area contributed by atoms with E-state index in [2.05, 4.69) is 0 Å². The van der Waals surface area contributed by atoms with Crippen molar-refractivity contribution in [1.82, 2.24) is 4.90 Å². The van der Waals surface area contributed by atoms with E-state index in [1.807, 2.05) is 58.1 Å². The second kappa shape index (κ2) is 25.1. The molecule has 0 aromatic rings. The summed E-state index contributed by atoms with van der Waals surface area (Å²) in [6, 6.07) is -1.14. The van der Waals surface area contributed by atoms with Crippen LogP contribution in [0, 0.1) is 35.5 Å². The van der Waals surface area contributed by atoms with Crippen molar-refractivity contribution in [3.63, 3.8) is 0 Å². The average Bonchev–Trinajstić information content (AvgIpc) is 3.28. The molecule has 1 saturated carbocycles. The zero-order valence-electron chi connectivity index (χ0n) is 40.6. The Balaban J connectivity index is 1.70. The average molecular weight is 914 g/mol. The van der Waals surface area contributed by atoms with Gasteiger partial charge in [0.15, 0.2) is 5.78 Å². The number of ether oxygens (including phenoxy) is 5. The Morgan fingerprint density at radius 2 is 1.57 bits per heavy atom. The van der Waals surface area contributed by atoms with Crippen LogP contribution in [0.25, 0.3) is 0 Å². The topological polar surface area (TPSA) is 195 Å². The Kier molecular flexibility index (Phi) is 21.0. The van der Waals surface area contributed by atoms with Crippen molar-refractivity contribution in [1.29, 1.82) is 0 Å². The molecular weight excluding hydrogens is 835 g/mol. The Morgan fingerprint density at radius 1 is 0.846 bits per heavy atom. The highest BCUT2D eigenvalue weighted by Gasteiger charge is 2.53. The lowest BCUT2D eigenvalue weighted by Gasteiger charge is -2.42. The maximum Gasteiger partial charge on any atom is 0.329 e. The summed E-state index contributed by atoms with van der Waals surface area (Å²) in [6.45, 7) is 12.7. The lowest BCUT2D eigenvalue weighted by molar-refractivity contribution is -0.265. The van der Waals surface area contributed by atoms with Crippen LogP contribution in [0.3, 0.4) is 0 Å². The maximum absolute atomic E-state index is 14.4. The smallest absolute Gasteiger partial charge is 0.329 e. The van der Waals surface area contributed by atoms with Gasteiger partial charge in [-0.2, -0.15) is 0 Å². The predicted molar refractivity (Wildman–Crippen MR) is 245 cm³/mol. The van der Waals surface area contributed by atoms with Gasteiger partial charge in [0.2, 0.25) is 5.79 Å². The predicted octanol–water partition coefficient (Wildman–Crippen LogP) is 6.18. The van der Waals surface area contributed by atoms with E-state index < -0.39 is 83.9 Å². The number of hydrogen-bond acceptors (Lipinski definition) is 13. The molecule has 4 aliphatic rings. The number of ketones is 3. The lowest BCUT2D eigenvalue weighted by atomic mass is 9.78. The second-order valence-corrected chi connectivity index (χ2v) is 19.6. The number of carbonyl (C=O) groups excluding carboxylic acids is 5. The summed E-state index contributed by atoms with van der Waals surface area (Å²) >= 11 is 0. The number of aliphatic hydroxyl groups excluding tert-OH is 2. The van der Waals surface area contributed by atoms with Gasteiger partial charge in [0.1, 0.15) is 30.1 Å². The number of amides is 1. The SMILES string of the molecule is CO[C@H]1CC2CC[C@@H](C)[C@@](O)(O2)C(=O)C(=O)N2CCCC[C@H]2C(=O)O[C@H]([C@H](C)C[C@@H]2CCC(O)[C@H](OC)C2)CC(=O)C(C)/C=C(\C)C(O)[C@@H](OC)C(=O)[C@H](C)C[C@H](C)/C=C/C=C/C=C/1C. The zero-order valence-corrected chi connectivity index (χ0v) is 40.6. The molecule has 0 spiro atoms. The first kappa shape index (κ1) is 54.2. The lowest BCUT2D eigenvalue weighted by Crippen LogP contribution is -2.61. The Hall–Kier alpha value is -3.37. The van der Waals surface area contributed by atoms with Gasteiger partial charge in [-0.1, -0.05) is 71.1 Å². The fourth-order valence-corrected chi connectivity index (χ4v) is 10.1. The first-order valence-electron chi connectivity index (χ1n) is 23.9. The summed E-state index contributed by atoms with van der Waals surface area (Å²) in [7, 11) is 4.52. The van der Waals surface area contributed by atoms with Gasteiger partial charge < -0.3 is 43.9 Å². The van der Waals surface area contributed by atoms with Gasteiger partial charge in [-0.15, -0.1) is 0 Å². The van der Waals surface area contributed by atoms with Crippen LogP contribution < -0.4 is 0 Å². The van der Waals surface area contributed by atoms with E-state index in [0.29, 0.717) is 63.4 Å². The third-order valence-electron chi connectivity index (χ3n) is 14.5. The van der Waals surface area contributed by atoms with Crippen LogP contribution in [0.5, 0.6) is 0 Å². The third kappa shape index (κ3) is 14.3. The van der Waals surface area contributed by atoms with Crippen LogP contribution in [0.4, 0.5) is 0 Å². The third-order valence-corrected chi connectivity index (χ3v) is 14.5. The number of fused-ring (bicyclic) bond motifs is 3. The van der Waals surface area contributed by atoms with Gasteiger partial charge >= 0.3 is 5.97 Å². The van der Waals surface area contributed by atoms with E-state index in [0.717, 1.165) is 12.0 Å². The summed E-state index contributed by atoms with van der Waals surface area (Å²) in [6.07, 6.45) is 11.2. The number of esters is 1. The van der Waals surface area contributed by atoms with Gasteiger partial charge in [-0.25, -0.2) is 4.79 Å². The highest BCUT2D eigenvalue weighted by atomic mass is 16.6. The number of Topliss-reactive ketones (excluding diaryl/α,β-unsaturated/α-hetero) is 3. The minimum Gasteiger partial charge on any atom is -0.460 e. The summed E-state index contributed by atoms with van der Waals surface area (Å²) < 4.78 is 29.4. The van der Waals surface area contributed by atoms with Gasteiger partial charge in [0, 0.05) is 58.5 Å². The molecule has 1 amide bonds. The summed E-state index contributed by atoms with van der Waals surface area (Å²) in [5.74, 6) is -7.96. The fourth-order valence-electron chi connectivity index (χ4n) is 10.1. The van der Waals surface area contributed by atoms with E-state index in [1.54, 1.807) is 41.1 Å². The van der Waals surface area contributed by atoms with Crippen LogP contribution in [0.2, 0.25) is 0 Å². The monoisotopic (exact) mass is 914 g/mol. The molecule has 4 unspecified atom stereocenters. The molecule has 366 valence electrons. The number of rotatable bonds is 6. The van der Waals surface area contributed by atoms with E-state index in [4.69, 9.17) is 23.7 Å². The van der Waals surface area contributed by atoms with Gasteiger partial charge in [0.05, 0.1) is 24.4 Å². The number of nitrogens with zero attached hydrogens (tertiary/aromatic N) is 1. The van der Waals surface area contributed by atoms with Gasteiger partial charge in [-0.05, 0) is 107 Å². The van der Waals surface area contributed by atoms with Crippen molar-refractivity contribution in [2.24, 2.45) is 35.5 Å². The van der Waals surface area contributed by atoms with Gasteiger partial charge in [0.25, 0.3) is 11.7 Å². The molecule has 14 nitrogen and oxygen atoms in total. The highest BCUT2D eigenvalue weighted by Crippen LogP contribution is 2.38. The van der Waals surface area contributed by atoms with E-state index in [9.17, 15) is 39.3 Å². The quantitative estimate of drug-likeness (QED) is 0.156. The number of hydrogen-bond donors (Lipinski definition) is 3. The summed E-state index contributed by atoms with van der Waals surface area (Å²) in [5.41, 5.74) is 1.27. The summed E-state index contributed by atoms with van der Waals surface area (Å²) in [4.78, 5) is 71.8. The molecule has 0 radical (unpaired) electrons. The molecule has 14 heteroatoms. The fraction of sp³-hybridized carbons (Fsp3) is 0.745. The second-order valence-electron chi connectivity index (χ2n) is 19.6. The van der Waals surface area contributed by atoms with Crippen LogP contribution in [0.1, 0.15) is 126 Å². The Morgan fingerprint density at radius 3 is 2.25 bits per heavy atom. The van der Waals surface area contributed by atoms with E-state index >= 15 is 0 Å². The molecule has 1 aliphatic carbocycles. The van der Waals surface area contributed by atoms with Crippen molar-refractivity contribution in [3.8, 4) is 0 Å². The molecule has 0 aromatic carbocycles. The summed E-state index contributed by atoms with van der Waals surface area (Å²) in [5, 5.41) is 33.8. The van der Waals surface area contributed by atoms with Gasteiger partial charge in [-0.3, -0.25) is 19.2 Å². The Bertz CT molecular complexity index is 1760. The number of methoxy groups -OCH3 is 3. The molecule has 3 heterocycles. The van der Waals surface area contributed by atoms with Crippen LogP contribution in [-0.4, -0.2) is 132 Å².